The number of rotatable bonds is 7. The van der Waals surface area contributed by atoms with Crippen LogP contribution in [0.5, 0.6) is 23.0 Å². The maximum atomic E-state index is 9.78. The number of hydrogen-bond acceptors (Lipinski definition) is 5. The normalized spacial score (nSPS) is 16.8. The lowest BCUT2D eigenvalue weighted by molar-refractivity contribution is 0.161. The van der Waals surface area contributed by atoms with E-state index in [0.717, 1.165) is 68.6 Å². The summed E-state index contributed by atoms with van der Waals surface area (Å²) in [7, 11) is 3.33. The minimum atomic E-state index is -0.817. The van der Waals surface area contributed by atoms with Crippen LogP contribution in [0.4, 0.5) is 5.69 Å². The number of anilines is 1. The zero-order valence-corrected chi connectivity index (χ0v) is 27.1. The van der Waals surface area contributed by atoms with Gasteiger partial charge in [0.25, 0.3) is 0 Å². The summed E-state index contributed by atoms with van der Waals surface area (Å²) in [5.41, 5.74) is 7.76. The van der Waals surface area contributed by atoms with Crippen LogP contribution in [0.15, 0.2) is 127 Å². The number of nitrogens with zero attached hydrogens (tertiary/aromatic N) is 1. The lowest BCUT2D eigenvalue weighted by Gasteiger charge is -2.37. The predicted molar refractivity (Wildman–Crippen MR) is 194 cm³/mol. The molecule has 0 amide bonds. The van der Waals surface area contributed by atoms with E-state index in [0.29, 0.717) is 11.5 Å². The number of benzene rings is 6. The van der Waals surface area contributed by atoms with Crippen molar-refractivity contribution in [3.63, 3.8) is 0 Å². The molecule has 8 rings (SSSR count). The Morgan fingerprint density at radius 1 is 0.646 bits per heavy atom. The quantitative estimate of drug-likeness (QED) is 0.190. The van der Waals surface area contributed by atoms with Crippen LogP contribution in [-0.4, -0.2) is 32.4 Å². The zero-order chi connectivity index (χ0) is 32.7. The maximum absolute atomic E-state index is 9.78. The first-order valence-electron chi connectivity index (χ1n) is 16.5. The van der Waals surface area contributed by atoms with Gasteiger partial charge in [-0.3, -0.25) is 0 Å². The first-order valence-corrected chi connectivity index (χ1v) is 16.5. The van der Waals surface area contributed by atoms with Gasteiger partial charge in [-0.05, 0) is 100 Å². The van der Waals surface area contributed by atoms with Gasteiger partial charge in [0.05, 0.1) is 14.2 Å². The Morgan fingerprint density at radius 2 is 1.23 bits per heavy atom. The number of fused-ring (bicyclic) bond motifs is 3. The summed E-state index contributed by atoms with van der Waals surface area (Å²) in [5.74, 6) is 2.38. The van der Waals surface area contributed by atoms with Crippen molar-refractivity contribution in [3.05, 3.63) is 144 Å². The van der Waals surface area contributed by atoms with E-state index in [1.165, 1.54) is 18.5 Å². The van der Waals surface area contributed by atoms with Crippen molar-refractivity contribution >= 4 is 22.5 Å². The summed E-state index contributed by atoms with van der Waals surface area (Å²) in [4.78, 5) is 2.46. The van der Waals surface area contributed by atoms with Gasteiger partial charge in [-0.15, -0.1) is 0 Å². The van der Waals surface area contributed by atoms with Crippen molar-refractivity contribution in [2.24, 2.45) is 0 Å². The molecule has 1 unspecified atom stereocenters. The van der Waals surface area contributed by atoms with E-state index in [2.05, 4.69) is 108 Å². The zero-order valence-electron chi connectivity index (χ0n) is 27.1. The fourth-order valence-electron chi connectivity index (χ4n) is 7.20. The molecule has 6 aromatic rings. The molecule has 1 fully saturated rings. The Morgan fingerprint density at radius 3 is 1.88 bits per heavy atom. The molecule has 0 saturated carbocycles. The molecule has 0 aromatic heterocycles. The Kier molecular flexibility index (Phi) is 7.53. The number of phenols is 1. The number of ether oxygens (including phenoxy) is 3. The monoisotopic (exact) mass is 631 g/mol. The summed E-state index contributed by atoms with van der Waals surface area (Å²) < 4.78 is 18.8. The van der Waals surface area contributed by atoms with Crippen molar-refractivity contribution in [2.75, 3.05) is 32.2 Å². The molecule has 1 atom stereocenters. The van der Waals surface area contributed by atoms with Gasteiger partial charge in [-0.25, -0.2) is 0 Å². The molecule has 1 N–H and O–H groups in total. The van der Waals surface area contributed by atoms with Crippen molar-refractivity contribution in [2.45, 2.75) is 18.4 Å². The van der Waals surface area contributed by atoms with Crippen molar-refractivity contribution in [1.82, 2.24) is 0 Å². The highest BCUT2D eigenvalue weighted by atomic mass is 16.5. The highest BCUT2D eigenvalue weighted by Gasteiger charge is 2.38. The third-order valence-corrected chi connectivity index (χ3v) is 9.77. The van der Waals surface area contributed by atoms with Gasteiger partial charge in [0.15, 0.2) is 17.1 Å². The van der Waals surface area contributed by atoms with Crippen LogP contribution in [-0.2, 0) is 5.60 Å². The molecule has 5 nitrogen and oxygen atoms in total. The fraction of sp³-hybridized carbons (Fsp3) is 0.163. The first kappa shape index (κ1) is 29.7. The molecule has 238 valence electrons. The van der Waals surface area contributed by atoms with E-state index in [-0.39, 0.29) is 5.75 Å². The number of phenolic OH excluding ortho intramolecular Hbond substituents is 1. The molecule has 0 aliphatic carbocycles. The van der Waals surface area contributed by atoms with Gasteiger partial charge in [0, 0.05) is 35.5 Å². The topological polar surface area (TPSA) is 51.2 Å². The van der Waals surface area contributed by atoms with Gasteiger partial charge in [0.1, 0.15) is 11.5 Å². The second-order valence-corrected chi connectivity index (χ2v) is 12.5. The van der Waals surface area contributed by atoms with E-state index < -0.39 is 5.60 Å². The Hall–Kier alpha value is -5.68. The Bertz CT molecular complexity index is 2110. The van der Waals surface area contributed by atoms with E-state index in [9.17, 15) is 5.11 Å². The van der Waals surface area contributed by atoms with Gasteiger partial charge in [-0.2, -0.15) is 0 Å². The molecular formula is C43H37NO4. The molecule has 6 aromatic carbocycles. The van der Waals surface area contributed by atoms with Crippen LogP contribution in [0.2, 0.25) is 0 Å². The molecule has 48 heavy (non-hydrogen) atoms. The van der Waals surface area contributed by atoms with Crippen molar-refractivity contribution in [1.29, 1.82) is 0 Å². The predicted octanol–water partition coefficient (Wildman–Crippen LogP) is 9.85. The highest BCUT2D eigenvalue weighted by Crippen LogP contribution is 2.49. The first-order chi connectivity index (χ1) is 23.6. The van der Waals surface area contributed by atoms with Crippen LogP contribution in [0.1, 0.15) is 29.5 Å². The number of hydrogen-bond donors (Lipinski definition) is 1. The van der Waals surface area contributed by atoms with Crippen molar-refractivity contribution < 1.29 is 19.3 Å². The van der Waals surface area contributed by atoms with Gasteiger partial charge < -0.3 is 24.2 Å². The van der Waals surface area contributed by atoms with Gasteiger partial charge in [0.2, 0.25) is 0 Å². The third kappa shape index (κ3) is 5.12. The Balaban J connectivity index is 1.29. The molecule has 0 bridgehead atoms. The Labute approximate surface area is 281 Å². The standard InChI is InChI=1S/C43H37NO4/c1-46-41-27-38-36-22-23-43(32-8-4-3-5-9-32,33-16-18-34(19-17-33)44-24-6-7-25-44)48-40(36)26-37(39(38)28-42(41)47-2)31-12-10-29(11-13-31)30-14-20-35(45)21-15-30/h3-5,8-23,26-28,45H,6-7,24-25H2,1-2H3. The minimum absolute atomic E-state index is 0.253. The lowest BCUT2D eigenvalue weighted by Crippen LogP contribution is -2.34. The smallest absolute Gasteiger partial charge is 0.178 e. The summed E-state index contributed by atoms with van der Waals surface area (Å²) in [6.45, 7) is 2.21. The van der Waals surface area contributed by atoms with Gasteiger partial charge in [-0.1, -0.05) is 78.9 Å². The van der Waals surface area contributed by atoms with Crippen LogP contribution < -0.4 is 19.1 Å². The SMILES string of the molecule is COc1cc2c(-c3ccc(-c4ccc(O)cc4)cc3)cc3c(c2cc1OC)C=CC(c1ccccc1)(c1ccc(N2CCCC2)cc1)O3. The molecule has 0 radical (unpaired) electrons. The average Bonchev–Trinajstić information content (AvgIpc) is 3.70. The third-order valence-electron chi connectivity index (χ3n) is 9.77. The van der Waals surface area contributed by atoms with Crippen LogP contribution in [0, 0.1) is 0 Å². The molecule has 2 aliphatic heterocycles. The maximum Gasteiger partial charge on any atom is 0.178 e. The van der Waals surface area contributed by atoms with Crippen LogP contribution >= 0.6 is 0 Å². The van der Waals surface area contributed by atoms with Crippen molar-refractivity contribution in [3.8, 4) is 45.3 Å². The van der Waals surface area contributed by atoms with Crippen LogP contribution in [0.25, 0.3) is 39.1 Å². The molecule has 0 spiro atoms. The summed E-state index contributed by atoms with van der Waals surface area (Å²) >= 11 is 0. The fourth-order valence-corrected chi connectivity index (χ4v) is 7.20. The second kappa shape index (κ2) is 12.2. The second-order valence-electron chi connectivity index (χ2n) is 12.5. The summed E-state index contributed by atoms with van der Waals surface area (Å²) in [6.07, 6.45) is 6.87. The summed E-state index contributed by atoms with van der Waals surface area (Å²) in [6, 6.07) is 41.4. The van der Waals surface area contributed by atoms with E-state index >= 15 is 0 Å². The molecular weight excluding hydrogens is 594 g/mol. The van der Waals surface area contributed by atoms with E-state index in [1.54, 1.807) is 26.4 Å². The van der Waals surface area contributed by atoms with E-state index in [4.69, 9.17) is 14.2 Å². The minimum Gasteiger partial charge on any atom is -0.508 e. The molecule has 2 heterocycles. The van der Waals surface area contributed by atoms with Gasteiger partial charge >= 0.3 is 0 Å². The van der Waals surface area contributed by atoms with E-state index in [1.807, 2.05) is 18.2 Å². The average molecular weight is 632 g/mol. The largest absolute Gasteiger partial charge is 0.508 e. The number of aromatic hydroxyl groups is 1. The number of methoxy groups -OCH3 is 2. The van der Waals surface area contributed by atoms with Crippen LogP contribution in [0.3, 0.4) is 0 Å². The summed E-state index contributed by atoms with van der Waals surface area (Å²) in [5, 5.41) is 11.8. The molecule has 5 heteroatoms. The molecule has 1 saturated heterocycles. The lowest BCUT2D eigenvalue weighted by atomic mass is 9.82. The highest BCUT2D eigenvalue weighted by molar-refractivity contribution is 6.05. The molecule has 2 aliphatic rings.